The van der Waals surface area contributed by atoms with E-state index in [1.165, 1.54) is 131 Å². The van der Waals surface area contributed by atoms with Crippen LogP contribution in [0.25, 0.3) is 131 Å². The van der Waals surface area contributed by atoms with Crippen molar-refractivity contribution in [2.24, 2.45) is 0 Å². The molecule has 13 aromatic rings. The van der Waals surface area contributed by atoms with E-state index in [4.69, 9.17) is 0 Å². The number of benzene rings is 11. The van der Waals surface area contributed by atoms with Gasteiger partial charge in [-0.05, 0) is 109 Å². The number of hydrogen-bond acceptors (Lipinski definition) is 0. The van der Waals surface area contributed by atoms with Crippen LogP contribution < -0.4 is 0 Å². The SMILES string of the molecule is CCn1c2ccccc2c2cccc(-c3cccc4c(-c5c6ccccc6c(-c6ccccc6)c6ccccc56)c5cccc(-c6cccc7c8ccccc8n(CC)c67)c5cc34)c21. The normalized spacial score (nSPS) is 12.0. The van der Waals surface area contributed by atoms with Gasteiger partial charge < -0.3 is 9.13 Å². The van der Waals surface area contributed by atoms with Crippen molar-refractivity contribution in [3.63, 3.8) is 0 Å². The van der Waals surface area contributed by atoms with Crippen molar-refractivity contribution in [1.82, 2.24) is 9.13 Å². The van der Waals surface area contributed by atoms with Crippen LogP contribution in [0.4, 0.5) is 0 Å². The van der Waals surface area contributed by atoms with Crippen LogP contribution in [0, 0.1) is 0 Å². The average molecular weight is 817 g/mol. The molecule has 0 aliphatic heterocycles. The van der Waals surface area contributed by atoms with E-state index in [9.17, 15) is 0 Å². The zero-order valence-electron chi connectivity index (χ0n) is 35.9. The Balaban J connectivity index is 1.23. The van der Waals surface area contributed by atoms with Gasteiger partial charge in [-0.2, -0.15) is 0 Å². The number of para-hydroxylation sites is 4. The molecule has 64 heavy (non-hydrogen) atoms. The third kappa shape index (κ3) is 5.14. The summed E-state index contributed by atoms with van der Waals surface area (Å²) in [4.78, 5) is 0. The standard InChI is InChI=1S/C62H44N2/c1-3-63-56-36-14-12-22-42(56)52-34-18-32-50(61(52)63)40-28-16-30-48-54(40)38-55-41(51-33-19-35-53-43-23-13-15-37-57(43)64(4-2)62(51)53)29-17-31-49(55)60(48)59-46-26-10-8-24-44(46)58(39-20-6-5-7-21-39)45-25-9-11-27-47(45)59/h5-38H,3-4H2,1-2H3. The molecular weight excluding hydrogens is 773 g/mol. The molecule has 2 nitrogen and oxygen atoms in total. The minimum atomic E-state index is 0.880. The minimum absolute atomic E-state index is 0.880. The average Bonchev–Trinajstić information content (AvgIpc) is 3.87. The molecule has 0 aliphatic carbocycles. The predicted octanol–water partition coefficient (Wildman–Crippen LogP) is 17.2. The number of rotatable bonds is 6. The van der Waals surface area contributed by atoms with E-state index in [1.54, 1.807) is 0 Å². The van der Waals surface area contributed by atoms with Crippen molar-refractivity contribution in [3.05, 3.63) is 206 Å². The molecule has 0 saturated heterocycles. The van der Waals surface area contributed by atoms with Crippen LogP contribution in [0.2, 0.25) is 0 Å². The van der Waals surface area contributed by atoms with Gasteiger partial charge in [0.15, 0.2) is 0 Å². The summed E-state index contributed by atoms with van der Waals surface area (Å²) in [6.45, 7) is 6.31. The third-order valence-electron chi connectivity index (χ3n) is 14.1. The van der Waals surface area contributed by atoms with Crippen LogP contribution in [0.1, 0.15) is 13.8 Å². The van der Waals surface area contributed by atoms with Gasteiger partial charge in [0.05, 0.1) is 11.0 Å². The summed E-state index contributed by atoms with van der Waals surface area (Å²) >= 11 is 0. The van der Waals surface area contributed by atoms with E-state index in [-0.39, 0.29) is 0 Å². The fourth-order valence-corrected chi connectivity index (χ4v) is 11.5. The van der Waals surface area contributed by atoms with Crippen molar-refractivity contribution in [1.29, 1.82) is 0 Å². The van der Waals surface area contributed by atoms with Gasteiger partial charge in [-0.1, -0.05) is 188 Å². The van der Waals surface area contributed by atoms with Crippen molar-refractivity contribution in [3.8, 4) is 44.5 Å². The van der Waals surface area contributed by atoms with E-state index in [2.05, 4.69) is 229 Å². The van der Waals surface area contributed by atoms with Crippen LogP contribution in [0.15, 0.2) is 206 Å². The molecule has 0 N–H and O–H groups in total. The Morgan fingerprint density at radius 3 is 1.03 bits per heavy atom. The molecule has 0 atom stereocenters. The highest BCUT2D eigenvalue weighted by atomic mass is 15.0. The van der Waals surface area contributed by atoms with E-state index in [1.807, 2.05) is 0 Å². The molecule has 0 radical (unpaired) electrons. The molecule has 0 bridgehead atoms. The van der Waals surface area contributed by atoms with Crippen LogP contribution >= 0.6 is 0 Å². The monoisotopic (exact) mass is 816 g/mol. The molecule has 11 aromatic carbocycles. The predicted molar refractivity (Wildman–Crippen MR) is 276 cm³/mol. The summed E-state index contributed by atoms with van der Waals surface area (Å²) in [7, 11) is 0. The third-order valence-corrected chi connectivity index (χ3v) is 14.1. The zero-order valence-corrected chi connectivity index (χ0v) is 35.9. The Morgan fingerprint density at radius 2 is 0.594 bits per heavy atom. The van der Waals surface area contributed by atoms with E-state index in [0.29, 0.717) is 0 Å². The summed E-state index contributed by atoms with van der Waals surface area (Å²) in [6, 6.07) is 77.3. The summed E-state index contributed by atoms with van der Waals surface area (Å²) in [5, 5.41) is 15.2. The fourth-order valence-electron chi connectivity index (χ4n) is 11.5. The van der Waals surface area contributed by atoms with Crippen molar-refractivity contribution in [2.75, 3.05) is 0 Å². The highest BCUT2D eigenvalue weighted by molar-refractivity contribution is 6.30. The van der Waals surface area contributed by atoms with Gasteiger partial charge in [0.1, 0.15) is 0 Å². The zero-order chi connectivity index (χ0) is 42.5. The topological polar surface area (TPSA) is 9.86 Å². The maximum atomic E-state index is 2.52. The van der Waals surface area contributed by atoms with Gasteiger partial charge in [-0.3, -0.25) is 0 Å². The molecule has 0 aliphatic rings. The van der Waals surface area contributed by atoms with Crippen LogP contribution in [0.3, 0.4) is 0 Å². The summed E-state index contributed by atoms with van der Waals surface area (Å²) < 4.78 is 5.03. The first-order valence-electron chi connectivity index (χ1n) is 22.7. The van der Waals surface area contributed by atoms with E-state index in [0.717, 1.165) is 13.1 Å². The fraction of sp³-hybridized carbons (Fsp3) is 0.0645. The maximum absolute atomic E-state index is 2.52. The lowest BCUT2D eigenvalue weighted by Crippen LogP contribution is -1.97. The number of aromatic nitrogens is 2. The lowest BCUT2D eigenvalue weighted by Gasteiger charge is -2.22. The largest absolute Gasteiger partial charge is 0.340 e. The highest BCUT2D eigenvalue weighted by Gasteiger charge is 2.24. The highest BCUT2D eigenvalue weighted by Crippen LogP contribution is 2.51. The second kappa shape index (κ2) is 14.3. The van der Waals surface area contributed by atoms with Crippen LogP contribution in [-0.2, 0) is 13.1 Å². The number of nitrogens with zero attached hydrogens (tertiary/aromatic N) is 2. The Labute approximate surface area is 371 Å². The Bertz CT molecular complexity index is 3800. The first-order valence-corrected chi connectivity index (χ1v) is 22.7. The number of fused-ring (bicyclic) bond motifs is 10. The maximum Gasteiger partial charge on any atom is 0.0571 e. The quantitative estimate of drug-likeness (QED) is 0.148. The van der Waals surface area contributed by atoms with E-state index < -0.39 is 0 Å². The molecule has 13 rings (SSSR count). The van der Waals surface area contributed by atoms with Crippen LogP contribution in [-0.4, -0.2) is 9.13 Å². The Kier molecular flexibility index (Phi) is 8.20. The molecule has 0 saturated carbocycles. The van der Waals surface area contributed by atoms with Gasteiger partial charge in [0.2, 0.25) is 0 Å². The first-order chi connectivity index (χ1) is 31.7. The Hall–Kier alpha value is -7.94. The second-order valence-corrected chi connectivity index (χ2v) is 17.2. The van der Waals surface area contributed by atoms with Gasteiger partial charge in [0, 0.05) is 56.8 Å². The lowest BCUT2D eigenvalue weighted by molar-refractivity contribution is 0.828. The van der Waals surface area contributed by atoms with Gasteiger partial charge in [-0.15, -0.1) is 0 Å². The smallest absolute Gasteiger partial charge is 0.0571 e. The van der Waals surface area contributed by atoms with Gasteiger partial charge >= 0.3 is 0 Å². The molecular formula is C62H44N2. The van der Waals surface area contributed by atoms with Crippen molar-refractivity contribution >= 4 is 86.7 Å². The molecule has 0 fully saturated rings. The molecule has 0 amide bonds. The number of hydrogen-bond donors (Lipinski definition) is 0. The van der Waals surface area contributed by atoms with Gasteiger partial charge in [0.25, 0.3) is 0 Å². The molecule has 0 unspecified atom stereocenters. The molecule has 302 valence electrons. The van der Waals surface area contributed by atoms with Crippen molar-refractivity contribution < 1.29 is 0 Å². The van der Waals surface area contributed by atoms with Crippen LogP contribution in [0.5, 0.6) is 0 Å². The second-order valence-electron chi connectivity index (χ2n) is 17.2. The van der Waals surface area contributed by atoms with Gasteiger partial charge in [-0.25, -0.2) is 0 Å². The van der Waals surface area contributed by atoms with E-state index >= 15 is 0 Å². The lowest BCUT2D eigenvalue weighted by atomic mass is 9.81. The molecule has 0 spiro atoms. The van der Waals surface area contributed by atoms with Crippen molar-refractivity contribution in [2.45, 2.75) is 26.9 Å². The molecule has 2 heteroatoms. The Morgan fingerprint density at radius 1 is 0.266 bits per heavy atom. The molecule has 2 aromatic heterocycles. The summed E-state index contributed by atoms with van der Waals surface area (Å²) in [5.41, 5.74) is 15.2. The molecule has 2 heterocycles. The minimum Gasteiger partial charge on any atom is -0.340 e. The number of aryl methyl sites for hydroxylation is 2. The summed E-state index contributed by atoms with van der Waals surface area (Å²) in [6.07, 6.45) is 0. The summed E-state index contributed by atoms with van der Waals surface area (Å²) in [5.74, 6) is 0. The first kappa shape index (κ1) is 36.7.